The molecule has 0 aromatic heterocycles. The molecule has 1 aromatic rings. The first-order valence-electron chi connectivity index (χ1n) is 5.89. The van der Waals surface area contributed by atoms with Gasteiger partial charge in [0.05, 0.1) is 6.61 Å². The SMILES string of the molecule is CCOC(=O)N(CCN)C(=O)Nc1ccc(N)cc1. The molecule has 0 atom stereocenters. The second kappa shape index (κ2) is 7.22. The minimum Gasteiger partial charge on any atom is -0.449 e. The minimum absolute atomic E-state index is 0.0830. The van der Waals surface area contributed by atoms with E-state index in [0.717, 1.165) is 4.90 Å². The average Bonchev–Trinajstić information content (AvgIpc) is 2.38. The molecule has 3 amide bonds. The third-order valence-electron chi connectivity index (χ3n) is 2.25. The molecule has 0 saturated heterocycles. The molecule has 104 valence electrons. The third-order valence-corrected chi connectivity index (χ3v) is 2.25. The summed E-state index contributed by atoms with van der Waals surface area (Å²) < 4.78 is 4.79. The summed E-state index contributed by atoms with van der Waals surface area (Å²) in [6, 6.07) is 5.98. The third kappa shape index (κ3) is 4.47. The summed E-state index contributed by atoms with van der Waals surface area (Å²) in [5.41, 5.74) is 12.0. The maximum atomic E-state index is 11.9. The minimum atomic E-state index is -0.721. The van der Waals surface area contributed by atoms with Gasteiger partial charge in [-0.25, -0.2) is 14.5 Å². The molecule has 1 rings (SSSR count). The number of rotatable bonds is 4. The number of benzene rings is 1. The number of nitrogens with two attached hydrogens (primary N) is 2. The highest BCUT2D eigenvalue weighted by Gasteiger charge is 2.21. The highest BCUT2D eigenvalue weighted by molar-refractivity contribution is 5.99. The molecule has 5 N–H and O–H groups in total. The Morgan fingerprint density at radius 2 is 1.95 bits per heavy atom. The molecule has 0 heterocycles. The van der Waals surface area contributed by atoms with Crippen molar-refractivity contribution >= 4 is 23.5 Å². The van der Waals surface area contributed by atoms with Crippen LogP contribution < -0.4 is 16.8 Å². The van der Waals surface area contributed by atoms with Crippen LogP contribution in [0.4, 0.5) is 21.0 Å². The Morgan fingerprint density at radius 1 is 1.32 bits per heavy atom. The molecular weight excluding hydrogens is 248 g/mol. The summed E-state index contributed by atoms with van der Waals surface area (Å²) in [6.07, 6.45) is -0.721. The fourth-order valence-corrected chi connectivity index (χ4v) is 1.36. The van der Waals surface area contributed by atoms with E-state index in [-0.39, 0.29) is 19.7 Å². The molecule has 0 aliphatic heterocycles. The van der Waals surface area contributed by atoms with Gasteiger partial charge in [-0.05, 0) is 31.2 Å². The Hall–Kier alpha value is -2.28. The van der Waals surface area contributed by atoms with Crippen molar-refractivity contribution in [3.05, 3.63) is 24.3 Å². The van der Waals surface area contributed by atoms with Crippen LogP contribution in [0.1, 0.15) is 6.92 Å². The number of carbonyl (C=O) groups excluding carboxylic acids is 2. The van der Waals surface area contributed by atoms with E-state index in [1.165, 1.54) is 0 Å². The summed E-state index contributed by atoms with van der Waals surface area (Å²) in [7, 11) is 0. The van der Waals surface area contributed by atoms with Crippen LogP contribution >= 0.6 is 0 Å². The van der Waals surface area contributed by atoms with Crippen LogP contribution in [0, 0.1) is 0 Å². The molecule has 0 aliphatic carbocycles. The zero-order valence-corrected chi connectivity index (χ0v) is 10.8. The molecule has 7 nitrogen and oxygen atoms in total. The predicted octanol–water partition coefficient (Wildman–Crippen LogP) is 1.22. The predicted molar refractivity (Wildman–Crippen MR) is 72.7 cm³/mol. The summed E-state index contributed by atoms with van der Waals surface area (Å²) in [5.74, 6) is 0. The van der Waals surface area contributed by atoms with Crippen LogP contribution in [0.25, 0.3) is 0 Å². The van der Waals surface area contributed by atoms with E-state index in [1.54, 1.807) is 31.2 Å². The Morgan fingerprint density at radius 3 is 2.47 bits per heavy atom. The number of nitrogens with one attached hydrogen (secondary N) is 1. The van der Waals surface area contributed by atoms with Crippen LogP contribution in [-0.2, 0) is 4.74 Å². The molecule has 7 heteroatoms. The van der Waals surface area contributed by atoms with Gasteiger partial charge in [0.2, 0.25) is 0 Å². The normalized spacial score (nSPS) is 9.79. The molecular formula is C12H18N4O3. The maximum Gasteiger partial charge on any atom is 0.418 e. The van der Waals surface area contributed by atoms with E-state index in [1.807, 2.05) is 0 Å². The van der Waals surface area contributed by atoms with Crippen molar-refractivity contribution in [2.75, 3.05) is 30.7 Å². The zero-order chi connectivity index (χ0) is 14.3. The van der Waals surface area contributed by atoms with E-state index in [2.05, 4.69) is 5.32 Å². The monoisotopic (exact) mass is 266 g/mol. The van der Waals surface area contributed by atoms with Crippen LogP contribution in [0.2, 0.25) is 0 Å². The lowest BCUT2D eigenvalue weighted by Crippen LogP contribution is -2.43. The van der Waals surface area contributed by atoms with Crippen molar-refractivity contribution in [1.82, 2.24) is 4.90 Å². The molecule has 0 spiro atoms. The molecule has 19 heavy (non-hydrogen) atoms. The number of imide groups is 1. The van der Waals surface area contributed by atoms with Crippen molar-refractivity contribution in [2.24, 2.45) is 5.73 Å². The molecule has 0 fully saturated rings. The number of amides is 3. The summed E-state index contributed by atoms with van der Waals surface area (Å²) in [5, 5.41) is 2.57. The molecule has 0 bridgehead atoms. The van der Waals surface area contributed by atoms with Gasteiger partial charge < -0.3 is 21.5 Å². The zero-order valence-electron chi connectivity index (χ0n) is 10.8. The number of ether oxygens (including phenoxy) is 1. The Kier molecular flexibility index (Phi) is 5.62. The number of anilines is 2. The van der Waals surface area contributed by atoms with Crippen LogP contribution in [-0.4, -0.2) is 36.7 Å². The van der Waals surface area contributed by atoms with Crippen molar-refractivity contribution in [3.8, 4) is 0 Å². The van der Waals surface area contributed by atoms with Crippen molar-refractivity contribution in [1.29, 1.82) is 0 Å². The Bertz CT molecular complexity index is 433. The van der Waals surface area contributed by atoms with E-state index < -0.39 is 12.1 Å². The maximum absolute atomic E-state index is 11.9. The van der Waals surface area contributed by atoms with Gasteiger partial charge in [-0.2, -0.15) is 0 Å². The molecule has 0 unspecified atom stereocenters. The summed E-state index contributed by atoms with van der Waals surface area (Å²) in [4.78, 5) is 24.4. The van der Waals surface area contributed by atoms with Crippen LogP contribution in [0.15, 0.2) is 24.3 Å². The highest BCUT2D eigenvalue weighted by Crippen LogP contribution is 2.11. The molecule has 0 saturated carbocycles. The lowest BCUT2D eigenvalue weighted by molar-refractivity contribution is 0.118. The average molecular weight is 266 g/mol. The van der Waals surface area contributed by atoms with Gasteiger partial charge in [0, 0.05) is 24.5 Å². The van der Waals surface area contributed by atoms with Gasteiger partial charge in [0.15, 0.2) is 0 Å². The number of hydrogen-bond donors (Lipinski definition) is 3. The van der Waals surface area contributed by atoms with Gasteiger partial charge >= 0.3 is 12.1 Å². The molecule has 0 aliphatic rings. The fourth-order valence-electron chi connectivity index (χ4n) is 1.36. The van der Waals surface area contributed by atoms with Gasteiger partial charge in [0.25, 0.3) is 0 Å². The summed E-state index contributed by atoms with van der Waals surface area (Å²) >= 11 is 0. The smallest absolute Gasteiger partial charge is 0.418 e. The van der Waals surface area contributed by atoms with E-state index in [9.17, 15) is 9.59 Å². The largest absolute Gasteiger partial charge is 0.449 e. The topological polar surface area (TPSA) is 111 Å². The van der Waals surface area contributed by atoms with Gasteiger partial charge in [-0.15, -0.1) is 0 Å². The number of nitrogen functional groups attached to an aromatic ring is 1. The Balaban J connectivity index is 2.71. The van der Waals surface area contributed by atoms with Crippen molar-refractivity contribution < 1.29 is 14.3 Å². The lowest BCUT2D eigenvalue weighted by Gasteiger charge is -2.19. The van der Waals surface area contributed by atoms with Gasteiger partial charge in [-0.1, -0.05) is 0 Å². The quantitative estimate of drug-likeness (QED) is 0.709. The van der Waals surface area contributed by atoms with Gasteiger partial charge in [-0.3, -0.25) is 0 Å². The molecule has 0 radical (unpaired) electrons. The second-order valence-corrected chi connectivity index (χ2v) is 3.69. The fraction of sp³-hybridized carbons (Fsp3) is 0.333. The van der Waals surface area contributed by atoms with Crippen LogP contribution in [0.5, 0.6) is 0 Å². The highest BCUT2D eigenvalue weighted by atomic mass is 16.6. The second-order valence-electron chi connectivity index (χ2n) is 3.69. The molecule has 1 aromatic carbocycles. The van der Waals surface area contributed by atoms with E-state index >= 15 is 0 Å². The van der Waals surface area contributed by atoms with E-state index in [0.29, 0.717) is 11.4 Å². The number of urea groups is 1. The van der Waals surface area contributed by atoms with Gasteiger partial charge in [0.1, 0.15) is 0 Å². The van der Waals surface area contributed by atoms with Crippen LogP contribution in [0.3, 0.4) is 0 Å². The van der Waals surface area contributed by atoms with Crippen molar-refractivity contribution in [2.45, 2.75) is 6.92 Å². The lowest BCUT2D eigenvalue weighted by atomic mass is 10.3. The number of carbonyl (C=O) groups is 2. The number of hydrogen-bond acceptors (Lipinski definition) is 5. The van der Waals surface area contributed by atoms with Crippen molar-refractivity contribution in [3.63, 3.8) is 0 Å². The first kappa shape index (κ1) is 14.8. The Labute approximate surface area is 111 Å². The standard InChI is InChI=1S/C12H18N4O3/c1-2-19-12(18)16(8-7-13)11(17)15-10-5-3-9(14)4-6-10/h3-6H,2,7-8,13-14H2,1H3,(H,15,17). The summed E-state index contributed by atoms with van der Waals surface area (Å²) in [6.45, 7) is 2.10. The first-order chi connectivity index (χ1) is 9.08. The first-order valence-corrected chi connectivity index (χ1v) is 5.89. The number of nitrogens with zero attached hydrogens (tertiary/aromatic N) is 1. The van der Waals surface area contributed by atoms with E-state index in [4.69, 9.17) is 16.2 Å².